The number of H-pyrrole nitrogens is 1. The monoisotopic (exact) mass is 367 g/mol. The minimum Gasteiger partial charge on any atom is -0.494 e. The first-order valence-electron chi connectivity index (χ1n) is 8.64. The number of aromatic nitrogens is 1. The van der Waals surface area contributed by atoms with Crippen LogP contribution in [0.4, 0.5) is 0 Å². The van der Waals surface area contributed by atoms with Gasteiger partial charge in [0, 0.05) is 10.9 Å². The van der Waals surface area contributed by atoms with Crippen molar-refractivity contribution < 1.29 is 19.1 Å². The van der Waals surface area contributed by atoms with Gasteiger partial charge >= 0.3 is 0 Å². The van der Waals surface area contributed by atoms with Gasteiger partial charge in [-0.05, 0) is 50.2 Å². The maximum atomic E-state index is 12.2. The van der Waals surface area contributed by atoms with Crippen molar-refractivity contribution in [3.8, 4) is 11.5 Å². The van der Waals surface area contributed by atoms with Crippen LogP contribution >= 0.6 is 0 Å². The van der Waals surface area contributed by atoms with Gasteiger partial charge in [0.05, 0.1) is 6.61 Å². The van der Waals surface area contributed by atoms with Gasteiger partial charge in [-0.1, -0.05) is 18.2 Å². The minimum absolute atomic E-state index is 0.358. The number of amides is 2. The lowest BCUT2D eigenvalue weighted by Crippen LogP contribution is -2.47. The Morgan fingerprint density at radius 2 is 1.74 bits per heavy atom. The Balaban J connectivity index is 1.52. The molecule has 27 heavy (non-hydrogen) atoms. The van der Waals surface area contributed by atoms with E-state index >= 15 is 0 Å². The number of nitrogens with one attached hydrogen (secondary N) is 3. The number of hydrogen-bond acceptors (Lipinski definition) is 4. The van der Waals surface area contributed by atoms with Crippen LogP contribution in [0.25, 0.3) is 10.9 Å². The molecule has 1 aromatic heterocycles. The normalized spacial score (nSPS) is 11.6. The van der Waals surface area contributed by atoms with Crippen LogP contribution in [0, 0.1) is 0 Å². The molecule has 0 saturated heterocycles. The molecule has 7 nitrogen and oxygen atoms in total. The number of carbonyl (C=O) groups excluding carboxylic acids is 2. The van der Waals surface area contributed by atoms with Crippen molar-refractivity contribution in [2.24, 2.45) is 0 Å². The fourth-order valence-corrected chi connectivity index (χ4v) is 2.52. The number of ether oxygens (including phenoxy) is 2. The van der Waals surface area contributed by atoms with Crippen LogP contribution < -0.4 is 20.3 Å². The summed E-state index contributed by atoms with van der Waals surface area (Å²) in [6, 6.07) is 16.2. The van der Waals surface area contributed by atoms with Crippen LogP contribution in [0.3, 0.4) is 0 Å². The molecule has 0 spiro atoms. The number of para-hydroxylation sites is 1. The smallest absolute Gasteiger partial charge is 0.286 e. The van der Waals surface area contributed by atoms with Crippen molar-refractivity contribution in [1.82, 2.24) is 15.8 Å². The van der Waals surface area contributed by atoms with Gasteiger partial charge < -0.3 is 14.5 Å². The third-order valence-corrected chi connectivity index (χ3v) is 3.89. The van der Waals surface area contributed by atoms with Crippen LogP contribution in [0.1, 0.15) is 24.3 Å². The highest BCUT2D eigenvalue weighted by Gasteiger charge is 2.16. The Kier molecular flexibility index (Phi) is 5.61. The van der Waals surface area contributed by atoms with E-state index in [0.29, 0.717) is 18.1 Å². The van der Waals surface area contributed by atoms with Gasteiger partial charge in [-0.2, -0.15) is 0 Å². The zero-order valence-corrected chi connectivity index (χ0v) is 15.1. The largest absolute Gasteiger partial charge is 0.494 e. The first-order chi connectivity index (χ1) is 13.1. The molecule has 1 atom stereocenters. The molecule has 1 heterocycles. The van der Waals surface area contributed by atoms with Gasteiger partial charge in [-0.15, -0.1) is 0 Å². The summed E-state index contributed by atoms with van der Waals surface area (Å²) in [4.78, 5) is 27.3. The fourth-order valence-electron chi connectivity index (χ4n) is 2.52. The second kappa shape index (κ2) is 8.27. The number of carbonyl (C=O) groups is 2. The molecule has 3 aromatic rings. The van der Waals surface area contributed by atoms with Gasteiger partial charge in [0.15, 0.2) is 6.10 Å². The molecule has 7 heteroatoms. The predicted octanol–water partition coefficient (Wildman–Crippen LogP) is 2.80. The molecule has 3 rings (SSSR count). The van der Waals surface area contributed by atoms with Crippen molar-refractivity contribution in [2.45, 2.75) is 20.0 Å². The van der Waals surface area contributed by atoms with Crippen LogP contribution in [-0.4, -0.2) is 29.5 Å². The average molecular weight is 367 g/mol. The molecule has 3 N–H and O–H groups in total. The highest BCUT2D eigenvalue weighted by atomic mass is 16.5. The van der Waals surface area contributed by atoms with Gasteiger partial charge in [0.1, 0.15) is 17.2 Å². The Labute approximate surface area is 156 Å². The molecule has 0 aliphatic carbocycles. The molecular weight excluding hydrogens is 346 g/mol. The van der Waals surface area contributed by atoms with E-state index in [4.69, 9.17) is 9.47 Å². The molecule has 2 amide bonds. The Bertz CT molecular complexity index is 901. The van der Waals surface area contributed by atoms with Crippen molar-refractivity contribution >= 4 is 22.7 Å². The topological polar surface area (TPSA) is 92.4 Å². The summed E-state index contributed by atoms with van der Waals surface area (Å²) in [6.45, 7) is 4.08. The highest BCUT2D eigenvalue weighted by Crippen LogP contribution is 2.18. The van der Waals surface area contributed by atoms with Crippen LogP contribution in [0.5, 0.6) is 11.5 Å². The molecule has 0 fully saturated rings. The van der Waals surface area contributed by atoms with Crippen LogP contribution in [0.15, 0.2) is 54.6 Å². The van der Waals surface area contributed by atoms with Crippen molar-refractivity contribution in [3.05, 3.63) is 60.3 Å². The van der Waals surface area contributed by atoms with Gasteiger partial charge in [-0.3, -0.25) is 20.4 Å². The molecule has 2 aromatic carbocycles. The quantitative estimate of drug-likeness (QED) is 0.584. The van der Waals surface area contributed by atoms with E-state index in [2.05, 4.69) is 15.8 Å². The highest BCUT2D eigenvalue weighted by molar-refractivity contribution is 5.98. The van der Waals surface area contributed by atoms with E-state index in [1.807, 2.05) is 31.2 Å². The molecule has 0 saturated carbocycles. The van der Waals surface area contributed by atoms with E-state index in [0.717, 1.165) is 16.7 Å². The zero-order valence-electron chi connectivity index (χ0n) is 15.1. The van der Waals surface area contributed by atoms with Crippen LogP contribution in [-0.2, 0) is 4.79 Å². The van der Waals surface area contributed by atoms with Gasteiger partial charge in [0.25, 0.3) is 11.8 Å². The molecule has 0 bridgehead atoms. The Morgan fingerprint density at radius 1 is 1.04 bits per heavy atom. The van der Waals surface area contributed by atoms with Crippen molar-refractivity contribution in [1.29, 1.82) is 0 Å². The maximum absolute atomic E-state index is 12.2. The number of hydrazine groups is 1. The number of aromatic amines is 1. The first-order valence-corrected chi connectivity index (χ1v) is 8.64. The predicted molar refractivity (Wildman–Crippen MR) is 102 cm³/mol. The summed E-state index contributed by atoms with van der Waals surface area (Å²) in [5, 5.41) is 0.918. The number of hydrogen-bond donors (Lipinski definition) is 3. The molecular formula is C20H21N3O4. The zero-order chi connectivity index (χ0) is 19.2. The van der Waals surface area contributed by atoms with E-state index in [9.17, 15) is 9.59 Å². The molecule has 0 aliphatic rings. The number of benzene rings is 2. The van der Waals surface area contributed by atoms with E-state index in [-0.39, 0.29) is 0 Å². The first kappa shape index (κ1) is 18.3. The van der Waals surface area contributed by atoms with Gasteiger partial charge in [0.2, 0.25) is 0 Å². The Morgan fingerprint density at radius 3 is 2.44 bits per heavy atom. The van der Waals surface area contributed by atoms with E-state index in [1.54, 1.807) is 37.3 Å². The minimum atomic E-state index is -0.786. The lowest BCUT2D eigenvalue weighted by molar-refractivity contribution is -0.128. The molecule has 0 unspecified atom stereocenters. The summed E-state index contributed by atoms with van der Waals surface area (Å²) < 4.78 is 10.9. The summed E-state index contributed by atoms with van der Waals surface area (Å²) in [5.41, 5.74) is 5.96. The molecule has 0 radical (unpaired) electrons. The van der Waals surface area contributed by atoms with E-state index in [1.165, 1.54) is 0 Å². The average Bonchev–Trinajstić information content (AvgIpc) is 3.12. The summed E-state index contributed by atoms with van der Waals surface area (Å²) in [6.07, 6.45) is -0.786. The Hall–Kier alpha value is -3.48. The van der Waals surface area contributed by atoms with Gasteiger partial charge in [-0.25, -0.2) is 0 Å². The SMILES string of the molecule is CCOc1ccc(O[C@H](C)C(=O)NNC(=O)c2cc3ccccc3[nH]2)cc1. The maximum Gasteiger partial charge on any atom is 0.286 e. The van der Waals surface area contributed by atoms with Crippen LogP contribution in [0.2, 0.25) is 0 Å². The fraction of sp³-hybridized carbons (Fsp3) is 0.200. The third-order valence-electron chi connectivity index (χ3n) is 3.89. The third kappa shape index (κ3) is 4.58. The lowest BCUT2D eigenvalue weighted by Gasteiger charge is -2.15. The second-order valence-corrected chi connectivity index (χ2v) is 5.88. The summed E-state index contributed by atoms with van der Waals surface area (Å²) in [5.74, 6) is 0.358. The number of rotatable bonds is 6. The van der Waals surface area contributed by atoms with Crippen molar-refractivity contribution in [3.63, 3.8) is 0 Å². The lowest BCUT2D eigenvalue weighted by atomic mass is 10.2. The van der Waals surface area contributed by atoms with E-state index < -0.39 is 17.9 Å². The number of fused-ring (bicyclic) bond motifs is 1. The molecule has 140 valence electrons. The van der Waals surface area contributed by atoms with Crippen molar-refractivity contribution in [2.75, 3.05) is 6.61 Å². The standard InChI is InChI=1S/C20H21N3O4/c1-3-26-15-8-10-16(11-9-15)27-13(2)19(24)22-23-20(25)18-12-14-6-4-5-7-17(14)21-18/h4-13,21H,3H2,1-2H3,(H,22,24)(H,23,25)/t13-/m1/s1. The summed E-state index contributed by atoms with van der Waals surface area (Å²) in [7, 11) is 0. The molecule has 0 aliphatic heterocycles. The second-order valence-electron chi connectivity index (χ2n) is 5.88. The summed E-state index contributed by atoms with van der Waals surface area (Å²) >= 11 is 0.